The summed E-state index contributed by atoms with van der Waals surface area (Å²) in [4.78, 5) is 8.49. The second-order valence-electron chi connectivity index (χ2n) is 5.11. The number of aromatic nitrogens is 1. The molecule has 1 aromatic heterocycles. The molecule has 2 N–H and O–H groups in total. The van der Waals surface area contributed by atoms with E-state index in [-0.39, 0.29) is 24.0 Å². The number of ether oxygens (including phenoxy) is 2. The number of hydrogen-bond acceptors (Lipinski definition) is 4. The third-order valence-corrected chi connectivity index (χ3v) is 3.53. The average Bonchev–Trinajstić information content (AvgIpc) is 3.06. The van der Waals surface area contributed by atoms with E-state index in [0.29, 0.717) is 13.3 Å². The van der Waals surface area contributed by atoms with Gasteiger partial charge in [-0.3, -0.25) is 9.98 Å². The quantitative estimate of drug-likeness (QED) is 0.425. The number of rotatable bonds is 5. The number of guanidine groups is 1. The fraction of sp³-hybridized carbons (Fsp3) is 0.294. The fourth-order valence-electron chi connectivity index (χ4n) is 2.32. The Morgan fingerprint density at radius 3 is 2.83 bits per heavy atom. The van der Waals surface area contributed by atoms with Gasteiger partial charge in [-0.25, -0.2) is 0 Å². The Morgan fingerprint density at radius 2 is 2.04 bits per heavy atom. The van der Waals surface area contributed by atoms with Gasteiger partial charge >= 0.3 is 0 Å². The number of fused-ring (bicyclic) bond motifs is 1. The lowest BCUT2D eigenvalue weighted by Gasteiger charge is -2.11. The highest BCUT2D eigenvalue weighted by atomic mass is 127. The predicted molar refractivity (Wildman–Crippen MR) is 104 cm³/mol. The Balaban J connectivity index is 0.00000208. The Hall–Kier alpha value is -2.03. The van der Waals surface area contributed by atoms with Crippen LogP contribution in [0.1, 0.15) is 11.3 Å². The summed E-state index contributed by atoms with van der Waals surface area (Å²) in [6.07, 6.45) is 2.66. The molecule has 0 amide bonds. The van der Waals surface area contributed by atoms with Crippen molar-refractivity contribution in [2.75, 3.05) is 20.4 Å². The zero-order chi connectivity index (χ0) is 15.9. The molecule has 3 rings (SSSR count). The van der Waals surface area contributed by atoms with E-state index < -0.39 is 0 Å². The van der Waals surface area contributed by atoms with Gasteiger partial charge in [-0.1, -0.05) is 12.1 Å². The van der Waals surface area contributed by atoms with E-state index in [1.807, 2.05) is 30.3 Å². The predicted octanol–water partition coefficient (Wildman–Crippen LogP) is 2.34. The Bertz CT molecular complexity index is 680. The molecule has 0 saturated heterocycles. The molecule has 1 aromatic carbocycles. The summed E-state index contributed by atoms with van der Waals surface area (Å²) in [7, 11) is 1.76. The summed E-state index contributed by atoms with van der Waals surface area (Å²) in [5, 5.41) is 6.54. The van der Waals surface area contributed by atoms with E-state index >= 15 is 0 Å². The number of nitrogens with one attached hydrogen (secondary N) is 2. The molecule has 7 heteroatoms. The van der Waals surface area contributed by atoms with Crippen molar-refractivity contribution in [3.8, 4) is 11.5 Å². The molecular weight excluding hydrogens is 419 g/mol. The lowest BCUT2D eigenvalue weighted by molar-refractivity contribution is 0.174. The fourth-order valence-corrected chi connectivity index (χ4v) is 2.32. The third-order valence-electron chi connectivity index (χ3n) is 3.53. The highest BCUT2D eigenvalue weighted by Gasteiger charge is 2.12. The molecule has 2 aromatic rings. The second-order valence-corrected chi connectivity index (χ2v) is 5.11. The smallest absolute Gasteiger partial charge is 0.231 e. The van der Waals surface area contributed by atoms with Crippen LogP contribution < -0.4 is 20.1 Å². The summed E-state index contributed by atoms with van der Waals surface area (Å²) >= 11 is 0. The molecule has 0 radical (unpaired) electrons. The molecule has 24 heavy (non-hydrogen) atoms. The van der Waals surface area contributed by atoms with Crippen molar-refractivity contribution in [3.63, 3.8) is 0 Å². The summed E-state index contributed by atoms with van der Waals surface area (Å²) in [6.45, 7) is 1.73. The van der Waals surface area contributed by atoms with Gasteiger partial charge in [0.05, 0.1) is 12.2 Å². The Kier molecular flexibility index (Phi) is 7.10. The van der Waals surface area contributed by atoms with Crippen LogP contribution in [0, 0.1) is 0 Å². The van der Waals surface area contributed by atoms with Gasteiger partial charge in [-0.15, -0.1) is 24.0 Å². The SMILES string of the molecule is CN=C(NCCc1ccc2c(c1)OCO2)NCc1ccccn1.I. The lowest BCUT2D eigenvalue weighted by atomic mass is 10.1. The topological polar surface area (TPSA) is 67.8 Å². The maximum Gasteiger partial charge on any atom is 0.231 e. The van der Waals surface area contributed by atoms with E-state index in [9.17, 15) is 0 Å². The number of aliphatic imine (C=N–C) groups is 1. The molecular formula is C17H21IN4O2. The number of pyridine rings is 1. The highest BCUT2D eigenvalue weighted by molar-refractivity contribution is 14.0. The Morgan fingerprint density at radius 1 is 1.17 bits per heavy atom. The minimum absolute atomic E-state index is 0. The van der Waals surface area contributed by atoms with Crippen LogP contribution in [-0.4, -0.2) is 31.3 Å². The molecule has 0 atom stereocenters. The van der Waals surface area contributed by atoms with Crippen LogP contribution in [0.4, 0.5) is 0 Å². The first kappa shape index (κ1) is 18.3. The highest BCUT2D eigenvalue weighted by Crippen LogP contribution is 2.32. The van der Waals surface area contributed by atoms with Gasteiger partial charge in [0.2, 0.25) is 6.79 Å². The minimum atomic E-state index is 0. The van der Waals surface area contributed by atoms with Crippen molar-refractivity contribution in [2.24, 2.45) is 4.99 Å². The van der Waals surface area contributed by atoms with Crippen molar-refractivity contribution in [1.82, 2.24) is 15.6 Å². The lowest BCUT2D eigenvalue weighted by Crippen LogP contribution is -2.38. The van der Waals surface area contributed by atoms with Crippen LogP contribution in [-0.2, 0) is 13.0 Å². The van der Waals surface area contributed by atoms with Crippen LogP contribution in [0.2, 0.25) is 0 Å². The molecule has 1 aliphatic rings. The normalized spacial score (nSPS) is 12.5. The van der Waals surface area contributed by atoms with Crippen molar-refractivity contribution in [1.29, 1.82) is 0 Å². The van der Waals surface area contributed by atoms with Crippen LogP contribution in [0.5, 0.6) is 11.5 Å². The average molecular weight is 440 g/mol. The van der Waals surface area contributed by atoms with Gasteiger partial charge in [0, 0.05) is 19.8 Å². The largest absolute Gasteiger partial charge is 0.454 e. The first-order valence-electron chi connectivity index (χ1n) is 7.58. The van der Waals surface area contributed by atoms with Gasteiger partial charge in [0.1, 0.15) is 0 Å². The van der Waals surface area contributed by atoms with E-state index in [4.69, 9.17) is 9.47 Å². The minimum Gasteiger partial charge on any atom is -0.454 e. The van der Waals surface area contributed by atoms with Crippen molar-refractivity contribution < 1.29 is 9.47 Å². The number of nitrogens with zero attached hydrogens (tertiary/aromatic N) is 2. The molecule has 0 bridgehead atoms. The monoisotopic (exact) mass is 440 g/mol. The summed E-state index contributed by atoms with van der Waals surface area (Å²) in [6, 6.07) is 11.9. The van der Waals surface area contributed by atoms with Gasteiger partial charge in [-0.2, -0.15) is 0 Å². The zero-order valence-corrected chi connectivity index (χ0v) is 15.8. The summed E-state index contributed by atoms with van der Waals surface area (Å²) in [5.74, 6) is 2.39. The maximum absolute atomic E-state index is 5.39. The first-order chi connectivity index (χ1) is 11.3. The number of hydrogen-bond donors (Lipinski definition) is 2. The van der Waals surface area contributed by atoms with Gasteiger partial charge in [0.15, 0.2) is 17.5 Å². The molecule has 0 unspecified atom stereocenters. The second kappa shape index (κ2) is 9.31. The molecule has 2 heterocycles. The number of halogens is 1. The molecule has 128 valence electrons. The van der Waals surface area contributed by atoms with Crippen LogP contribution >= 0.6 is 24.0 Å². The van der Waals surface area contributed by atoms with Crippen LogP contribution in [0.3, 0.4) is 0 Å². The van der Waals surface area contributed by atoms with Crippen molar-refractivity contribution in [2.45, 2.75) is 13.0 Å². The first-order valence-corrected chi connectivity index (χ1v) is 7.58. The molecule has 0 fully saturated rings. The van der Waals surface area contributed by atoms with Crippen LogP contribution in [0.15, 0.2) is 47.6 Å². The molecule has 0 saturated carbocycles. The van der Waals surface area contributed by atoms with E-state index in [0.717, 1.165) is 36.1 Å². The van der Waals surface area contributed by atoms with Gasteiger partial charge in [-0.05, 0) is 36.2 Å². The molecule has 6 nitrogen and oxygen atoms in total. The van der Waals surface area contributed by atoms with E-state index in [1.165, 1.54) is 5.56 Å². The van der Waals surface area contributed by atoms with Gasteiger partial charge < -0.3 is 20.1 Å². The zero-order valence-electron chi connectivity index (χ0n) is 13.5. The molecule has 1 aliphatic heterocycles. The standard InChI is InChI=1S/C17H20N4O2.HI/c1-18-17(21-11-14-4-2-3-8-19-14)20-9-7-13-5-6-15-16(10-13)23-12-22-15;/h2-6,8,10H,7,9,11-12H2,1H3,(H2,18,20,21);1H. The molecule has 0 aliphatic carbocycles. The molecule has 0 spiro atoms. The van der Waals surface area contributed by atoms with Crippen molar-refractivity contribution >= 4 is 29.9 Å². The third kappa shape index (κ3) is 4.98. The summed E-state index contributed by atoms with van der Waals surface area (Å²) < 4.78 is 10.7. The summed E-state index contributed by atoms with van der Waals surface area (Å²) in [5.41, 5.74) is 2.17. The van der Waals surface area contributed by atoms with Gasteiger partial charge in [0.25, 0.3) is 0 Å². The Labute approximate surface area is 158 Å². The maximum atomic E-state index is 5.39. The van der Waals surface area contributed by atoms with E-state index in [1.54, 1.807) is 13.2 Å². The van der Waals surface area contributed by atoms with Crippen molar-refractivity contribution in [3.05, 3.63) is 53.9 Å². The van der Waals surface area contributed by atoms with E-state index in [2.05, 4.69) is 26.7 Å². The van der Waals surface area contributed by atoms with Crippen LogP contribution in [0.25, 0.3) is 0 Å². The number of benzene rings is 1.